The van der Waals surface area contributed by atoms with E-state index in [0.717, 1.165) is 5.56 Å². The van der Waals surface area contributed by atoms with Gasteiger partial charge in [0, 0.05) is 14.1 Å². The molecule has 6 nitrogen and oxygen atoms in total. The Morgan fingerprint density at radius 1 is 1.35 bits per heavy atom. The first kappa shape index (κ1) is 12.8. The predicted octanol–water partition coefficient (Wildman–Crippen LogP) is 1.10. The largest absolute Gasteiger partial charge is 0.364 e. The summed E-state index contributed by atoms with van der Waals surface area (Å²) < 4.78 is 7.56. The van der Waals surface area contributed by atoms with Crippen molar-refractivity contribution in [2.45, 2.75) is 12.6 Å². The number of ether oxygens (including phenoxy) is 1. The van der Waals surface area contributed by atoms with Gasteiger partial charge in [0.05, 0.1) is 13.2 Å². The Morgan fingerprint density at radius 3 is 2.80 bits per heavy atom. The van der Waals surface area contributed by atoms with Crippen molar-refractivity contribution in [3.63, 3.8) is 0 Å². The number of rotatable bonds is 2. The van der Waals surface area contributed by atoms with E-state index in [-0.39, 0.29) is 17.8 Å². The molecule has 3 rings (SSSR count). The highest BCUT2D eigenvalue weighted by Gasteiger charge is 2.28. The molecule has 1 aromatic heterocycles. The average molecular weight is 272 g/mol. The SMILES string of the molecule is CN(C)C(=O)c1nc2n(n1)CCOC2c1ccccc1. The van der Waals surface area contributed by atoms with E-state index in [2.05, 4.69) is 10.1 Å². The van der Waals surface area contributed by atoms with Gasteiger partial charge in [0.2, 0.25) is 5.82 Å². The Morgan fingerprint density at radius 2 is 2.10 bits per heavy atom. The molecule has 1 amide bonds. The third-order valence-electron chi connectivity index (χ3n) is 3.22. The summed E-state index contributed by atoms with van der Waals surface area (Å²) in [5, 5.41) is 4.28. The summed E-state index contributed by atoms with van der Waals surface area (Å²) in [5.41, 5.74) is 1.02. The number of fused-ring (bicyclic) bond motifs is 1. The first-order valence-electron chi connectivity index (χ1n) is 6.50. The molecule has 1 aliphatic rings. The number of aromatic nitrogens is 3. The molecule has 1 unspecified atom stereocenters. The van der Waals surface area contributed by atoms with E-state index >= 15 is 0 Å². The summed E-state index contributed by atoms with van der Waals surface area (Å²) in [6.45, 7) is 1.18. The van der Waals surface area contributed by atoms with E-state index in [1.54, 1.807) is 18.8 Å². The molecule has 0 radical (unpaired) electrons. The van der Waals surface area contributed by atoms with Crippen LogP contribution in [-0.4, -0.2) is 46.3 Å². The zero-order valence-electron chi connectivity index (χ0n) is 11.5. The molecule has 1 atom stereocenters. The van der Waals surface area contributed by atoms with Gasteiger partial charge in [-0.25, -0.2) is 9.67 Å². The Balaban J connectivity index is 1.99. The smallest absolute Gasteiger partial charge is 0.293 e. The zero-order chi connectivity index (χ0) is 14.1. The topological polar surface area (TPSA) is 60.2 Å². The highest BCUT2D eigenvalue weighted by molar-refractivity contribution is 5.90. The van der Waals surface area contributed by atoms with Crippen LogP contribution < -0.4 is 0 Å². The van der Waals surface area contributed by atoms with Gasteiger partial charge in [-0.05, 0) is 5.56 Å². The molecule has 0 saturated carbocycles. The van der Waals surface area contributed by atoms with E-state index in [0.29, 0.717) is 19.0 Å². The van der Waals surface area contributed by atoms with Crippen LogP contribution in [0, 0.1) is 0 Å². The van der Waals surface area contributed by atoms with Gasteiger partial charge in [0.15, 0.2) is 5.82 Å². The minimum atomic E-state index is -0.263. The summed E-state index contributed by atoms with van der Waals surface area (Å²) in [6, 6.07) is 9.85. The predicted molar refractivity (Wildman–Crippen MR) is 72.3 cm³/mol. The molecule has 20 heavy (non-hydrogen) atoms. The third kappa shape index (κ3) is 2.18. The first-order chi connectivity index (χ1) is 9.66. The Labute approximate surface area is 117 Å². The lowest BCUT2D eigenvalue weighted by Gasteiger charge is -2.22. The fourth-order valence-electron chi connectivity index (χ4n) is 2.21. The van der Waals surface area contributed by atoms with Crippen LogP contribution >= 0.6 is 0 Å². The van der Waals surface area contributed by atoms with Crippen molar-refractivity contribution in [3.05, 3.63) is 47.5 Å². The number of amides is 1. The fourth-order valence-corrected chi connectivity index (χ4v) is 2.21. The number of hydrogen-bond donors (Lipinski definition) is 0. The number of nitrogens with zero attached hydrogens (tertiary/aromatic N) is 4. The maximum atomic E-state index is 12.0. The van der Waals surface area contributed by atoms with E-state index < -0.39 is 0 Å². The molecule has 0 spiro atoms. The second-order valence-corrected chi connectivity index (χ2v) is 4.88. The monoisotopic (exact) mass is 272 g/mol. The van der Waals surface area contributed by atoms with Gasteiger partial charge in [0.25, 0.3) is 5.91 Å². The van der Waals surface area contributed by atoms with E-state index in [9.17, 15) is 4.79 Å². The molecule has 6 heteroatoms. The second kappa shape index (κ2) is 5.05. The van der Waals surface area contributed by atoms with Crippen LogP contribution in [0.3, 0.4) is 0 Å². The van der Waals surface area contributed by atoms with E-state index in [1.165, 1.54) is 4.90 Å². The molecule has 0 N–H and O–H groups in total. The summed E-state index contributed by atoms with van der Waals surface area (Å²) in [4.78, 5) is 17.8. The van der Waals surface area contributed by atoms with Crippen LogP contribution in [0.4, 0.5) is 0 Å². The molecule has 1 aliphatic heterocycles. The van der Waals surface area contributed by atoms with Crippen LogP contribution in [0.25, 0.3) is 0 Å². The molecule has 2 heterocycles. The Kier molecular flexibility index (Phi) is 3.23. The van der Waals surface area contributed by atoms with Crippen LogP contribution in [0.15, 0.2) is 30.3 Å². The van der Waals surface area contributed by atoms with Crippen LogP contribution in [0.1, 0.15) is 28.1 Å². The number of carbonyl (C=O) groups is 1. The van der Waals surface area contributed by atoms with Gasteiger partial charge in [-0.1, -0.05) is 30.3 Å². The van der Waals surface area contributed by atoms with Crippen molar-refractivity contribution in [2.75, 3.05) is 20.7 Å². The van der Waals surface area contributed by atoms with Crippen molar-refractivity contribution in [3.8, 4) is 0 Å². The number of benzene rings is 1. The van der Waals surface area contributed by atoms with E-state index in [1.807, 2.05) is 30.3 Å². The highest BCUT2D eigenvalue weighted by Crippen LogP contribution is 2.27. The van der Waals surface area contributed by atoms with Gasteiger partial charge < -0.3 is 9.64 Å². The second-order valence-electron chi connectivity index (χ2n) is 4.88. The van der Waals surface area contributed by atoms with Crippen molar-refractivity contribution >= 4 is 5.91 Å². The lowest BCUT2D eigenvalue weighted by atomic mass is 10.1. The lowest BCUT2D eigenvalue weighted by Crippen LogP contribution is -2.23. The standard InChI is InChI=1S/C14H16N4O2/c1-17(2)14(19)12-15-13-11(10-6-4-3-5-7-10)20-9-8-18(13)16-12/h3-7,11H,8-9H2,1-2H3. The molecule has 0 bridgehead atoms. The van der Waals surface area contributed by atoms with Gasteiger partial charge in [0.1, 0.15) is 6.10 Å². The molecular weight excluding hydrogens is 256 g/mol. The van der Waals surface area contributed by atoms with Crippen molar-refractivity contribution in [2.24, 2.45) is 0 Å². The van der Waals surface area contributed by atoms with E-state index in [4.69, 9.17) is 4.74 Å². The molecule has 0 fully saturated rings. The summed E-state index contributed by atoms with van der Waals surface area (Å²) in [7, 11) is 3.38. The van der Waals surface area contributed by atoms with Crippen molar-refractivity contribution < 1.29 is 9.53 Å². The van der Waals surface area contributed by atoms with Gasteiger partial charge >= 0.3 is 0 Å². The lowest BCUT2D eigenvalue weighted by molar-refractivity contribution is 0.0389. The van der Waals surface area contributed by atoms with Crippen LogP contribution in [0.2, 0.25) is 0 Å². The minimum absolute atomic E-state index is 0.196. The van der Waals surface area contributed by atoms with Gasteiger partial charge in [-0.15, -0.1) is 5.10 Å². The van der Waals surface area contributed by atoms with Crippen LogP contribution in [-0.2, 0) is 11.3 Å². The summed E-state index contributed by atoms with van der Waals surface area (Å²) >= 11 is 0. The number of carbonyl (C=O) groups excluding carboxylic acids is 1. The highest BCUT2D eigenvalue weighted by atomic mass is 16.5. The molecule has 0 saturated heterocycles. The summed E-state index contributed by atoms with van der Waals surface area (Å²) in [6.07, 6.45) is -0.263. The first-order valence-corrected chi connectivity index (χ1v) is 6.50. The molecule has 1 aromatic carbocycles. The maximum absolute atomic E-state index is 12.0. The molecule has 0 aliphatic carbocycles. The zero-order valence-corrected chi connectivity index (χ0v) is 11.5. The minimum Gasteiger partial charge on any atom is -0.364 e. The fraction of sp³-hybridized carbons (Fsp3) is 0.357. The molecular formula is C14H16N4O2. The van der Waals surface area contributed by atoms with Crippen molar-refractivity contribution in [1.82, 2.24) is 19.7 Å². The Bertz CT molecular complexity index is 621. The quantitative estimate of drug-likeness (QED) is 0.821. The van der Waals surface area contributed by atoms with Gasteiger partial charge in [-0.3, -0.25) is 4.79 Å². The summed E-state index contributed by atoms with van der Waals surface area (Å²) in [5.74, 6) is 0.711. The Hall–Kier alpha value is -2.21. The third-order valence-corrected chi connectivity index (χ3v) is 3.22. The maximum Gasteiger partial charge on any atom is 0.293 e. The number of hydrogen-bond acceptors (Lipinski definition) is 4. The van der Waals surface area contributed by atoms with Crippen LogP contribution in [0.5, 0.6) is 0 Å². The van der Waals surface area contributed by atoms with Gasteiger partial charge in [-0.2, -0.15) is 0 Å². The average Bonchev–Trinajstić information content (AvgIpc) is 2.91. The molecule has 104 valence electrons. The van der Waals surface area contributed by atoms with Crippen molar-refractivity contribution in [1.29, 1.82) is 0 Å². The normalized spacial score (nSPS) is 17.6. The molecule has 2 aromatic rings.